The lowest BCUT2D eigenvalue weighted by Gasteiger charge is -2.20. The number of aryl methyl sites for hydroxylation is 1. The summed E-state index contributed by atoms with van der Waals surface area (Å²) in [5.74, 6) is 1.07. The molecule has 1 fully saturated rings. The zero-order chi connectivity index (χ0) is 13.1. The molecule has 2 aromatic heterocycles. The highest BCUT2D eigenvalue weighted by molar-refractivity contribution is 7.09. The smallest absolute Gasteiger partial charge is 0.271 e. The predicted molar refractivity (Wildman–Crippen MR) is 68.8 cm³/mol. The van der Waals surface area contributed by atoms with Crippen LogP contribution in [0.1, 0.15) is 31.0 Å². The normalized spacial score (nSPS) is 19.7. The van der Waals surface area contributed by atoms with Crippen LogP contribution in [0.3, 0.4) is 0 Å². The van der Waals surface area contributed by atoms with E-state index < -0.39 is 0 Å². The fourth-order valence-corrected chi connectivity index (χ4v) is 2.59. The van der Waals surface area contributed by atoms with Gasteiger partial charge in [0.1, 0.15) is 11.0 Å². The molecule has 1 aliphatic heterocycles. The third-order valence-electron chi connectivity index (χ3n) is 2.89. The van der Waals surface area contributed by atoms with E-state index in [0.29, 0.717) is 24.9 Å². The number of hydrogen-bond donors (Lipinski definition) is 1. The second-order valence-electron chi connectivity index (χ2n) is 4.32. The van der Waals surface area contributed by atoms with Gasteiger partial charge in [0.15, 0.2) is 0 Å². The molecule has 0 amide bonds. The lowest BCUT2D eigenvalue weighted by Crippen LogP contribution is -2.33. The average molecular weight is 281 g/mol. The summed E-state index contributed by atoms with van der Waals surface area (Å²) in [4.78, 5) is 5.27. The maximum Gasteiger partial charge on any atom is 0.271 e. The van der Waals surface area contributed by atoms with Gasteiger partial charge < -0.3 is 14.6 Å². The Labute approximate surface area is 114 Å². The van der Waals surface area contributed by atoms with Crippen LogP contribution in [-0.4, -0.2) is 39.4 Å². The molecular formula is C11H15N5O2S. The van der Waals surface area contributed by atoms with Gasteiger partial charge in [-0.2, -0.15) is 4.98 Å². The minimum Gasteiger partial charge on any atom is -0.367 e. The monoisotopic (exact) mass is 281 g/mol. The highest BCUT2D eigenvalue weighted by Gasteiger charge is 2.23. The molecule has 0 saturated carbocycles. The molecule has 2 aromatic rings. The third kappa shape index (κ3) is 2.65. The van der Waals surface area contributed by atoms with Crippen molar-refractivity contribution in [2.45, 2.75) is 25.9 Å². The van der Waals surface area contributed by atoms with Crippen molar-refractivity contribution in [2.24, 2.45) is 0 Å². The molecule has 19 heavy (non-hydrogen) atoms. The first-order chi connectivity index (χ1) is 9.38. The van der Waals surface area contributed by atoms with Gasteiger partial charge in [-0.05, 0) is 18.0 Å². The van der Waals surface area contributed by atoms with Crippen molar-refractivity contribution >= 4 is 11.5 Å². The highest BCUT2D eigenvalue weighted by Crippen LogP contribution is 2.27. The lowest BCUT2D eigenvalue weighted by atomic mass is 10.2. The molecule has 3 rings (SSSR count). The second kappa shape index (κ2) is 5.72. The molecule has 102 valence electrons. The van der Waals surface area contributed by atoms with Crippen LogP contribution < -0.4 is 5.32 Å². The number of nitrogens with one attached hydrogen (secondary N) is 1. The van der Waals surface area contributed by atoms with Crippen molar-refractivity contribution in [3.05, 3.63) is 11.5 Å². The average Bonchev–Trinajstić information content (AvgIpc) is 3.08. The second-order valence-corrected chi connectivity index (χ2v) is 5.07. The van der Waals surface area contributed by atoms with Gasteiger partial charge in [0, 0.05) is 13.1 Å². The van der Waals surface area contributed by atoms with E-state index in [0.717, 1.165) is 30.0 Å². The number of hydrogen-bond acceptors (Lipinski definition) is 8. The molecule has 0 aromatic carbocycles. The Morgan fingerprint density at radius 2 is 2.42 bits per heavy atom. The molecule has 0 radical (unpaired) electrons. The van der Waals surface area contributed by atoms with Crippen molar-refractivity contribution in [2.75, 3.05) is 19.7 Å². The first kappa shape index (κ1) is 12.6. The van der Waals surface area contributed by atoms with Gasteiger partial charge >= 0.3 is 0 Å². The SMILES string of the molecule is CCCc1nnsc1-c1nc(C2CNCCO2)no1. The molecule has 8 heteroatoms. The Morgan fingerprint density at radius 1 is 1.47 bits per heavy atom. The van der Waals surface area contributed by atoms with E-state index in [1.807, 2.05) is 0 Å². The van der Waals surface area contributed by atoms with Crippen molar-refractivity contribution in [1.82, 2.24) is 25.0 Å². The fourth-order valence-electron chi connectivity index (χ4n) is 1.96. The summed E-state index contributed by atoms with van der Waals surface area (Å²) in [7, 11) is 0. The van der Waals surface area contributed by atoms with E-state index in [1.165, 1.54) is 11.5 Å². The zero-order valence-corrected chi connectivity index (χ0v) is 11.4. The molecule has 0 spiro atoms. The first-order valence-electron chi connectivity index (χ1n) is 6.36. The van der Waals surface area contributed by atoms with E-state index in [9.17, 15) is 0 Å². The van der Waals surface area contributed by atoms with Crippen molar-refractivity contribution < 1.29 is 9.26 Å². The molecule has 1 saturated heterocycles. The van der Waals surface area contributed by atoms with Gasteiger partial charge in [0.05, 0.1) is 12.3 Å². The van der Waals surface area contributed by atoms with Crippen molar-refractivity contribution in [3.8, 4) is 10.8 Å². The van der Waals surface area contributed by atoms with Gasteiger partial charge in [-0.1, -0.05) is 23.0 Å². The zero-order valence-electron chi connectivity index (χ0n) is 10.6. The predicted octanol–water partition coefficient (Wildman–Crippen LogP) is 1.20. The standard InChI is InChI=1S/C11H15N5O2S/c1-2-3-7-9(19-16-14-7)11-13-10(15-18-11)8-6-12-4-5-17-8/h8,12H,2-6H2,1H3. The Kier molecular flexibility index (Phi) is 3.81. The number of rotatable bonds is 4. The fraction of sp³-hybridized carbons (Fsp3) is 0.636. The van der Waals surface area contributed by atoms with E-state index in [2.05, 4.69) is 32.0 Å². The van der Waals surface area contributed by atoms with Gasteiger partial charge in [-0.3, -0.25) is 0 Å². The minimum absolute atomic E-state index is 0.137. The molecular weight excluding hydrogens is 266 g/mol. The molecule has 0 aliphatic carbocycles. The minimum atomic E-state index is -0.137. The van der Waals surface area contributed by atoms with E-state index in [1.54, 1.807) is 0 Å². The molecule has 1 unspecified atom stereocenters. The Bertz CT molecular complexity index is 535. The van der Waals surface area contributed by atoms with Crippen LogP contribution in [-0.2, 0) is 11.2 Å². The lowest BCUT2D eigenvalue weighted by molar-refractivity contribution is 0.0208. The molecule has 1 atom stereocenters. The summed E-state index contributed by atoms with van der Waals surface area (Å²) in [6, 6.07) is 0. The van der Waals surface area contributed by atoms with Crippen LogP contribution in [0.5, 0.6) is 0 Å². The van der Waals surface area contributed by atoms with Gasteiger partial charge in [0.2, 0.25) is 5.82 Å². The third-order valence-corrected chi connectivity index (χ3v) is 3.65. The summed E-state index contributed by atoms with van der Waals surface area (Å²) >= 11 is 1.29. The first-order valence-corrected chi connectivity index (χ1v) is 7.13. The number of morpholine rings is 1. The summed E-state index contributed by atoms with van der Waals surface area (Å²) < 4.78 is 14.9. The largest absolute Gasteiger partial charge is 0.367 e. The van der Waals surface area contributed by atoms with Gasteiger partial charge in [0.25, 0.3) is 5.89 Å². The number of aromatic nitrogens is 4. The van der Waals surface area contributed by atoms with Crippen LogP contribution in [0, 0.1) is 0 Å². The van der Waals surface area contributed by atoms with Crippen LogP contribution in [0.25, 0.3) is 10.8 Å². The van der Waals surface area contributed by atoms with Crippen molar-refractivity contribution in [1.29, 1.82) is 0 Å². The summed E-state index contributed by atoms with van der Waals surface area (Å²) in [5, 5.41) is 11.3. The van der Waals surface area contributed by atoms with Gasteiger partial charge in [-0.15, -0.1) is 5.10 Å². The van der Waals surface area contributed by atoms with Gasteiger partial charge in [-0.25, -0.2) is 0 Å². The van der Waals surface area contributed by atoms with Crippen LogP contribution in [0.2, 0.25) is 0 Å². The molecule has 3 heterocycles. The Balaban J connectivity index is 1.81. The van der Waals surface area contributed by atoms with E-state index >= 15 is 0 Å². The van der Waals surface area contributed by atoms with Crippen molar-refractivity contribution in [3.63, 3.8) is 0 Å². The van der Waals surface area contributed by atoms with Crippen LogP contribution >= 0.6 is 11.5 Å². The maximum atomic E-state index is 5.60. The van der Waals surface area contributed by atoms with E-state index in [-0.39, 0.29) is 6.10 Å². The topological polar surface area (TPSA) is 86.0 Å². The quantitative estimate of drug-likeness (QED) is 0.901. The molecule has 7 nitrogen and oxygen atoms in total. The summed E-state index contributed by atoms with van der Waals surface area (Å²) in [6.07, 6.45) is 1.74. The highest BCUT2D eigenvalue weighted by atomic mass is 32.1. The Morgan fingerprint density at radius 3 is 3.21 bits per heavy atom. The molecule has 1 N–H and O–H groups in total. The van der Waals surface area contributed by atoms with Crippen LogP contribution in [0.15, 0.2) is 4.52 Å². The summed E-state index contributed by atoms with van der Waals surface area (Å²) in [5.41, 5.74) is 0.922. The maximum absolute atomic E-state index is 5.60. The molecule has 1 aliphatic rings. The summed E-state index contributed by atoms with van der Waals surface area (Å²) in [6.45, 7) is 4.34. The number of nitrogens with zero attached hydrogens (tertiary/aromatic N) is 4. The molecule has 0 bridgehead atoms. The van der Waals surface area contributed by atoms with Crippen LogP contribution in [0.4, 0.5) is 0 Å². The van der Waals surface area contributed by atoms with E-state index in [4.69, 9.17) is 9.26 Å². The number of ether oxygens (including phenoxy) is 1. The Hall–Kier alpha value is -1.38.